The average molecular weight is 501 g/mol. The molecule has 8 nitrogen and oxygen atoms in total. The summed E-state index contributed by atoms with van der Waals surface area (Å²) in [5.74, 6) is 3.82. The largest absolute Gasteiger partial charge is 0.444 e. The fraction of sp³-hybridized carbons (Fsp3) is 0.412. The van der Waals surface area contributed by atoms with Crippen LogP contribution in [0.3, 0.4) is 0 Å². The van der Waals surface area contributed by atoms with Crippen molar-refractivity contribution < 1.29 is 4.42 Å². The van der Waals surface area contributed by atoms with Crippen LogP contribution < -0.4 is 10.6 Å². The summed E-state index contributed by atoms with van der Waals surface area (Å²) in [7, 11) is 1.94. The van der Waals surface area contributed by atoms with Crippen LogP contribution in [0.4, 0.5) is 0 Å². The molecule has 27 heavy (non-hydrogen) atoms. The van der Waals surface area contributed by atoms with Crippen LogP contribution >= 0.6 is 35.3 Å². The zero-order valence-corrected chi connectivity index (χ0v) is 19.0. The second-order valence-corrected chi connectivity index (χ2v) is 6.96. The number of aryl methyl sites for hydroxylation is 3. The Bertz CT molecular complexity index is 866. The van der Waals surface area contributed by atoms with Crippen molar-refractivity contribution in [2.75, 3.05) is 0 Å². The number of oxazole rings is 1. The molecule has 0 fully saturated rings. The minimum absolute atomic E-state index is 0. The van der Waals surface area contributed by atoms with Crippen LogP contribution in [0.15, 0.2) is 26.9 Å². The van der Waals surface area contributed by atoms with Gasteiger partial charge in [-0.25, -0.2) is 9.98 Å². The van der Waals surface area contributed by atoms with Crippen molar-refractivity contribution >= 4 is 41.3 Å². The third-order valence-electron chi connectivity index (χ3n) is 4.05. The molecule has 3 heterocycles. The Balaban J connectivity index is 0.00000261. The molecule has 146 valence electrons. The van der Waals surface area contributed by atoms with Gasteiger partial charge < -0.3 is 19.6 Å². The monoisotopic (exact) mass is 501 g/mol. The van der Waals surface area contributed by atoms with Gasteiger partial charge in [0.15, 0.2) is 11.8 Å². The van der Waals surface area contributed by atoms with E-state index >= 15 is 0 Å². The van der Waals surface area contributed by atoms with Crippen LogP contribution in [0.5, 0.6) is 0 Å². The Kier molecular flexibility index (Phi) is 7.78. The highest BCUT2D eigenvalue weighted by molar-refractivity contribution is 14.0. The Hall–Kier alpha value is -1.95. The summed E-state index contributed by atoms with van der Waals surface area (Å²) in [4.78, 5) is 10.2. The zero-order chi connectivity index (χ0) is 18.5. The highest BCUT2D eigenvalue weighted by Crippen LogP contribution is 2.09. The van der Waals surface area contributed by atoms with Gasteiger partial charge in [0.25, 0.3) is 0 Å². The number of nitrogens with one attached hydrogen (secondary N) is 2. The first kappa shape index (κ1) is 21.4. The van der Waals surface area contributed by atoms with Gasteiger partial charge in [0.2, 0.25) is 5.89 Å². The standard InChI is InChI=1S/C17H23N7OS.HI/c1-11-12(2)25-16(21-11)10-20-17(18-8-14-6-5-7-26-14)19-9-15-23-22-13(3)24(15)4;/h5-7H,8-10H2,1-4H3,(H2,18,19,20);1H. The topological polar surface area (TPSA) is 93.2 Å². The van der Waals surface area contributed by atoms with E-state index in [1.807, 2.05) is 38.5 Å². The van der Waals surface area contributed by atoms with Crippen molar-refractivity contribution in [1.82, 2.24) is 30.4 Å². The molecule has 0 aromatic carbocycles. The molecule has 3 aromatic heterocycles. The SMILES string of the molecule is Cc1nc(CNC(=NCc2nnc(C)n2C)NCc2cccs2)oc1C.I. The average Bonchev–Trinajstić information content (AvgIpc) is 3.32. The van der Waals surface area contributed by atoms with Crippen LogP contribution in [0.1, 0.15) is 33.9 Å². The number of rotatable bonds is 6. The minimum atomic E-state index is 0. The van der Waals surface area contributed by atoms with E-state index in [1.165, 1.54) is 4.88 Å². The van der Waals surface area contributed by atoms with E-state index in [0.29, 0.717) is 31.5 Å². The van der Waals surface area contributed by atoms with Crippen molar-refractivity contribution in [2.45, 2.75) is 40.4 Å². The maximum Gasteiger partial charge on any atom is 0.214 e. The van der Waals surface area contributed by atoms with Gasteiger partial charge in [0.1, 0.15) is 18.1 Å². The Labute approximate surface area is 179 Å². The fourth-order valence-electron chi connectivity index (χ4n) is 2.27. The zero-order valence-electron chi connectivity index (χ0n) is 15.8. The van der Waals surface area contributed by atoms with Crippen molar-refractivity contribution in [1.29, 1.82) is 0 Å². The molecule has 0 aliphatic heterocycles. The van der Waals surface area contributed by atoms with Crippen molar-refractivity contribution in [3.8, 4) is 0 Å². The van der Waals surface area contributed by atoms with Crippen molar-refractivity contribution in [3.05, 3.63) is 51.4 Å². The molecule has 3 rings (SSSR count). The van der Waals surface area contributed by atoms with Gasteiger partial charge in [-0.15, -0.1) is 45.5 Å². The van der Waals surface area contributed by atoms with E-state index in [0.717, 1.165) is 23.1 Å². The first-order valence-electron chi connectivity index (χ1n) is 8.35. The lowest BCUT2D eigenvalue weighted by atomic mass is 10.4. The smallest absolute Gasteiger partial charge is 0.214 e. The molecule has 0 radical (unpaired) electrons. The Morgan fingerprint density at radius 2 is 2.00 bits per heavy atom. The summed E-state index contributed by atoms with van der Waals surface area (Å²) < 4.78 is 7.55. The number of nitrogens with zero attached hydrogens (tertiary/aromatic N) is 5. The summed E-state index contributed by atoms with van der Waals surface area (Å²) in [6, 6.07) is 4.12. The van der Waals surface area contributed by atoms with Crippen molar-refractivity contribution in [2.24, 2.45) is 12.0 Å². The Morgan fingerprint density at radius 1 is 1.22 bits per heavy atom. The second-order valence-electron chi connectivity index (χ2n) is 5.92. The molecule has 0 saturated heterocycles. The molecule has 0 aliphatic rings. The molecular weight excluding hydrogens is 477 g/mol. The first-order valence-corrected chi connectivity index (χ1v) is 9.23. The highest BCUT2D eigenvalue weighted by atomic mass is 127. The lowest BCUT2D eigenvalue weighted by molar-refractivity contribution is 0.463. The third-order valence-corrected chi connectivity index (χ3v) is 4.93. The van der Waals surface area contributed by atoms with Gasteiger partial charge in [-0.05, 0) is 32.2 Å². The van der Waals surface area contributed by atoms with Crippen LogP contribution in [0.2, 0.25) is 0 Å². The van der Waals surface area contributed by atoms with Gasteiger partial charge in [-0.3, -0.25) is 0 Å². The van der Waals surface area contributed by atoms with E-state index < -0.39 is 0 Å². The molecule has 0 spiro atoms. The summed E-state index contributed by atoms with van der Waals surface area (Å²) in [6.07, 6.45) is 0. The van der Waals surface area contributed by atoms with Crippen LogP contribution in [-0.4, -0.2) is 25.7 Å². The van der Waals surface area contributed by atoms with Crippen molar-refractivity contribution in [3.63, 3.8) is 0 Å². The quantitative estimate of drug-likeness (QED) is 0.307. The normalized spacial score (nSPS) is 11.3. The molecule has 0 bridgehead atoms. The number of hydrogen-bond donors (Lipinski definition) is 2. The van der Waals surface area contributed by atoms with Gasteiger partial charge in [0, 0.05) is 11.9 Å². The van der Waals surface area contributed by atoms with E-state index in [2.05, 4.69) is 42.3 Å². The minimum Gasteiger partial charge on any atom is -0.444 e. The summed E-state index contributed by atoms with van der Waals surface area (Å²) >= 11 is 1.70. The molecule has 10 heteroatoms. The van der Waals surface area contributed by atoms with Crippen LogP contribution in [-0.2, 0) is 26.7 Å². The fourth-order valence-corrected chi connectivity index (χ4v) is 2.92. The number of thiophene rings is 1. The third kappa shape index (κ3) is 5.76. The van der Waals surface area contributed by atoms with E-state index in [4.69, 9.17) is 4.42 Å². The molecule has 3 aromatic rings. The number of hydrogen-bond acceptors (Lipinski definition) is 6. The molecule has 0 aliphatic carbocycles. The number of halogens is 1. The molecule has 0 saturated carbocycles. The predicted octanol–water partition coefficient (Wildman–Crippen LogP) is 2.84. The van der Waals surface area contributed by atoms with Crippen LogP contribution in [0.25, 0.3) is 0 Å². The maximum absolute atomic E-state index is 5.62. The van der Waals surface area contributed by atoms with Gasteiger partial charge in [-0.1, -0.05) is 6.07 Å². The van der Waals surface area contributed by atoms with Gasteiger partial charge in [0.05, 0.1) is 18.8 Å². The lowest BCUT2D eigenvalue weighted by Crippen LogP contribution is -2.36. The molecule has 0 unspecified atom stereocenters. The van der Waals surface area contributed by atoms with Gasteiger partial charge in [-0.2, -0.15) is 0 Å². The van der Waals surface area contributed by atoms with E-state index in [-0.39, 0.29) is 24.0 Å². The maximum atomic E-state index is 5.62. The second kappa shape index (κ2) is 9.83. The molecule has 2 N–H and O–H groups in total. The lowest BCUT2D eigenvalue weighted by Gasteiger charge is -2.11. The molecular formula is C17H24IN7OS. The number of aromatic nitrogens is 4. The first-order chi connectivity index (χ1) is 12.5. The van der Waals surface area contributed by atoms with E-state index in [9.17, 15) is 0 Å². The summed E-state index contributed by atoms with van der Waals surface area (Å²) in [5, 5.41) is 16.9. The summed E-state index contributed by atoms with van der Waals surface area (Å²) in [5.41, 5.74) is 0.904. The predicted molar refractivity (Wildman–Crippen MR) is 116 cm³/mol. The highest BCUT2D eigenvalue weighted by Gasteiger charge is 2.08. The number of aliphatic imine (C=N–C) groups is 1. The number of guanidine groups is 1. The molecule has 0 amide bonds. The Morgan fingerprint density at radius 3 is 2.59 bits per heavy atom. The summed E-state index contributed by atoms with van der Waals surface area (Å²) in [6.45, 7) is 7.35. The van der Waals surface area contributed by atoms with Crippen LogP contribution in [0, 0.1) is 20.8 Å². The molecule has 0 atom stereocenters. The van der Waals surface area contributed by atoms with Gasteiger partial charge >= 0.3 is 0 Å². The van der Waals surface area contributed by atoms with E-state index in [1.54, 1.807) is 11.3 Å².